The molecule has 0 bridgehead atoms. The van der Waals surface area contributed by atoms with Crippen LogP contribution in [0.1, 0.15) is 22.0 Å². The van der Waals surface area contributed by atoms with Gasteiger partial charge in [0.2, 0.25) is 0 Å². The van der Waals surface area contributed by atoms with E-state index in [1.165, 1.54) is 11.3 Å². The number of rotatable bonds is 4. The van der Waals surface area contributed by atoms with Crippen LogP contribution >= 0.6 is 11.3 Å². The maximum atomic E-state index is 13.7. The second-order valence-corrected chi connectivity index (χ2v) is 5.10. The fraction of sp³-hybridized carbons (Fsp3) is 0.250. The minimum absolute atomic E-state index is 0.115. The summed E-state index contributed by atoms with van der Waals surface area (Å²) in [6, 6.07) is 1.53. The van der Waals surface area contributed by atoms with Crippen molar-refractivity contribution in [2.45, 2.75) is 18.6 Å². The van der Waals surface area contributed by atoms with Gasteiger partial charge in [-0.3, -0.25) is 16.3 Å². The number of hydrogen-bond acceptors (Lipinski definition) is 4. The average Bonchev–Trinajstić information content (AvgIpc) is 2.88. The third kappa shape index (κ3) is 3.33. The van der Waals surface area contributed by atoms with Gasteiger partial charge in [0.1, 0.15) is 5.82 Å². The Hall–Kier alpha value is -1.51. The van der Waals surface area contributed by atoms with Crippen LogP contribution < -0.4 is 11.3 Å². The first-order valence-electron chi connectivity index (χ1n) is 5.62. The molecule has 0 radical (unpaired) electrons. The number of thiazole rings is 1. The van der Waals surface area contributed by atoms with E-state index in [0.29, 0.717) is 6.07 Å². The molecule has 1 aromatic heterocycles. The molecule has 3 nitrogen and oxygen atoms in total. The number of hydrogen-bond donors (Lipinski definition) is 2. The highest BCUT2D eigenvalue weighted by atomic mass is 32.1. The Morgan fingerprint density at radius 3 is 2.65 bits per heavy atom. The molecule has 1 unspecified atom stereocenters. The Bertz CT molecular complexity index is 569. The summed E-state index contributed by atoms with van der Waals surface area (Å²) < 4.78 is 51.7. The van der Waals surface area contributed by atoms with Crippen molar-refractivity contribution < 1.29 is 17.6 Å². The summed E-state index contributed by atoms with van der Waals surface area (Å²) in [5, 5.41) is 0. The first kappa shape index (κ1) is 14.9. The lowest BCUT2D eigenvalue weighted by Gasteiger charge is -2.18. The van der Waals surface area contributed by atoms with Crippen LogP contribution in [0.5, 0.6) is 0 Å². The van der Waals surface area contributed by atoms with Crippen molar-refractivity contribution in [3.63, 3.8) is 0 Å². The van der Waals surface area contributed by atoms with Crippen LogP contribution in [0, 0.1) is 5.82 Å². The van der Waals surface area contributed by atoms with E-state index in [0.717, 1.165) is 17.0 Å². The first-order chi connectivity index (χ1) is 9.41. The number of aromatic nitrogens is 1. The van der Waals surface area contributed by atoms with E-state index in [4.69, 9.17) is 5.84 Å². The maximum Gasteiger partial charge on any atom is 0.416 e. The predicted molar refractivity (Wildman–Crippen MR) is 67.3 cm³/mol. The zero-order valence-electron chi connectivity index (χ0n) is 10.1. The first-order valence-corrected chi connectivity index (χ1v) is 6.50. The van der Waals surface area contributed by atoms with Crippen molar-refractivity contribution in [2.24, 2.45) is 5.84 Å². The van der Waals surface area contributed by atoms with Crippen molar-refractivity contribution in [3.8, 4) is 0 Å². The molecule has 2 aromatic rings. The summed E-state index contributed by atoms with van der Waals surface area (Å²) in [6.07, 6.45) is -2.69. The van der Waals surface area contributed by atoms with Crippen LogP contribution in [0.2, 0.25) is 0 Å². The normalized spacial score (nSPS) is 13.4. The molecule has 108 valence electrons. The van der Waals surface area contributed by atoms with E-state index in [9.17, 15) is 17.6 Å². The molecule has 0 amide bonds. The van der Waals surface area contributed by atoms with Crippen LogP contribution in [0.25, 0.3) is 0 Å². The van der Waals surface area contributed by atoms with Gasteiger partial charge in [-0.05, 0) is 18.2 Å². The molecule has 3 N–H and O–H groups in total. The van der Waals surface area contributed by atoms with E-state index < -0.39 is 23.6 Å². The zero-order valence-corrected chi connectivity index (χ0v) is 10.9. The molecule has 0 saturated carbocycles. The van der Waals surface area contributed by atoms with Gasteiger partial charge < -0.3 is 0 Å². The predicted octanol–water partition coefficient (Wildman–Crippen LogP) is 3.05. The Balaban J connectivity index is 2.33. The number of nitrogens with one attached hydrogen (secondary N) is 1. The van der Waals surface area contributed by atoms with Crippen LogP contribution in [0.4, 0.5) is 17.6 Å². The van der Waals surface area contributed by atoms with Gasteiger partial charge in [-0.25, -0.2) is 4.39 Å². The van der Waals surface area contributed by atoms with E-state index in [1.54, 1.807) is 11.7 Å². The molecule has 0 fully saturated rings. The Morgan fingerprint density at radius 1 is 1.35 bits per heavy atom. The SMILES string of the molecule is NNC(Cc1cncs1)c1cc(C(F)(F)F)ccc1F. The summed E-state index contributed by atoms with van der Waals surface area (Å²) in [5.41, 5.74) is 2.92. The van der Waals surface area contributed by atoms with Crippen LogP contribution in [-0.2, 0) is 12.6 Å². The van der Waals surface area contributed by atoms with Gasteiger partial charge in [0.05, 0.1) is 17.1 Å². The summed E-state index contributed by atoms with van der Waals surface area (Å²) in [7, 11) is 0. The highest BCUT2D eigenvalue weighted by Crippen LogP contribution is 2.32. The number of benzene rings is 1. The third-order valence-corrected chi connectivity index (χ3v) is 3.59. The van der Waals surface area contributed by atoms with E-state index in [1.807, 2.05) is 0 Å². The van der Waals surface area contributed by atoms with Crippen molar-refractivity contribution in [1.29, 1.82) is 0 Å². The van der Waals surface area contributed by atoms with Crippen molar-refractivity contribution in [3.05, 3.63) is 51.7 Å². The minimum atomic E-state index is -4.52. The van der Waals surface area contributed by atoms with E-state index in [2.05, 4.69) is 10.4 Å². The lowest BCUT2D eigenvalue weighted by Crippen LogP contribution is -2.30. The zero-order chi connectivity index (χ0) is 14.8. The lowest BCUT2D eigenvalue weighted by molar-refractivity contribution is -0.137. The summed E-state index contributed by atoms with van der Waals surface area (Å²) >= 11 is 1.33. The number of hydrazine groups is 1. The highest BCUT2D eigenvalue weighted by molar-refractivity contribution is 7.09. The minimum Gasteiger partial charge on any atom is -0.271 e. The molecular weight excluding hydrogens is 294 g/mol. The molecule has 0 aliphatic carbocycles. The summed E-state index contributed by atoms with van der Waals surface area (Å²) in [5.74, 6) is 4.60. The lowest BCUT2D eigenvalue weighted by atomic mass is 10.0. The second kappa shape index (κ2) is 5.86. The second-order valence-electron chi connectivity index (χ2n) is 4.13. The largest absolute Gasteiger partial charge is 0.416 e. The van der Waals surface area contributed by atoms with E-state index >= 15 is 0 Å². The highest BCUT2D eigenvalue weighted by Gasteiger charge is 2.32. The maximum absolute atomic E-state index is 13.7. The Kier molecular flexibility index (Phi) is 4.36. The summed E-state index contributed by atoms with van der Waals surface area (Å²) in [6.45, 7) is 0. The molecule has 0 saturated heterocycles. The standard InChI is InChI=1S/C12H11F4N3S/c13-10-2-1-7(12(14,15)16)3-9(10)11(19-17)4-8-5-18-6-20-8/h1-3,5-6,11,19H,4,17H2. The third-order valence-electron chi connectivity index (χ3n) is 2.79. The average molecular weight is 305 g/mol. The van der Waals surface area contributed by atoms with Crippen molar-refractivity contribution in [1.82, 2.24) is 10.4 Å². The van der Waals surface area contributed by atoms with Gasteiger partial charge in [-0.2, -0.15) is 13.2 Å². The van der Waals surface area contributed by atoms with Crippen LogP contribution in [0.3, 0.4) is 0 Å². The molecule has 8 heteroatoms. The molecule has 20 heavy (non-hydrogen) atoms. The fourth-order valence-corrected chi connectivity index (χ4v) is 2.43. The smallest absolute Gasteiger partial charge is 0.271 e. The Labute approximate surface area is 116 Å². The molecule has 2 rings (SSSR count). The number of halogens is 4. The van der Waals surface area contributed by atoms with Crippen molar-refractivity contribution in [2.75, 3.05) is 0 Å². The van der Waals surface area contributed by atoms with Gasteiger partial charge in [0.25, 0.3) is 0 Å². The van der Waals surface area contributed by atoms with Gasteiger partial charge in [-0.15, -0.1) is 11.3 Å². The Morgan fingerprint density at radius 2 is 2.10 bits per heavy atom. The van der Waals surface area contributed by atoms with Crippen LogP contribution in [-0.4, -0.2) is 4.98 Å². The number of nitrogens with zero attached hydrogens (tertiary/aromatic N) is 1. The topological polar surface area (TPSA) is 50.9 Å². The number of alkyl halides is 3. The van der Waals surface area contributed by atoms with Gasteiger partial charge in [0, 0.05) is 23.1 Å². The van der Waals surface area contributed by atoms with Gasteiger partial charge in [-0.1, -0.05) is 0 Å². The molecule has 0 aliphatic heterocycles. The monoisotopic (exact) mass is 305 g/mol. The molecule has 0 aliphatic rings. The molecular formula is C12H11F4N3S. The molecule has 1 aromatic carbocycles. The molecule has 1 heterocycles. The van der Waals surface area contributed by atoms with Crippen molar-refractivity contribution >= 4 is 11.3 Å². The molecule has 1 atom stereocenters. The van der Waals surface area contributed by atoms with Gasteiger partial charge in [0.15, 0.2) is 0 Å². The van der Waals surface area contributed by atoms with Gasteiger partial charge >= 0.3 is 6.18 Å². The fourth-order valence-electron chi connectivity index (χ4n) is 1.79. The summed E-state index contributed by atoms with van der Waals surface area (Å²) in [4.78, 5) is 4.65. The van der Waals surface area contributed by atoms with Crippen LogP contribution in [0.15, 0.2) is 29.9 Å². The number of nitrogens with two attached hydrogens (primary N) is 1. The van der Waals surface area contributed by atoms with E-state index in [-0.39, 0.29) is 12.0 Å². The quantitative estimate of drug-likeness (QED) is 0.518. The molecule has 0 spiro atoms.